The summed E-state index contributed by atoms with van der Waals surface area (Å²) in [7, 11) is 1.39. The van der Waals surface area contributed by atoms with Gasteiger partial charge in [-0.1, -0.05) is 0 Å². The molecule has 10 heteroatoms. The van der Waals surface area contributed by atoms with Gasteiger partial charge < -0.3 is 24.8 Å². The molecule has 3 aromatic rings. The van der Waals surface area contributed by atoms with Crippen LogP contribution in [0.15, 0.2) is 41.8 Å². The van der Waals surface area contributed by atoms with Gasteiger partial charge in [0.1, 0.15) is 0 Å². The van der Waals surface area contributed by atoms with Crippen LogP contribution in [0, 0.1) is 5.82 Å². The van der Waals surface area contributed by atoms with Crippen LogP contribution in [0.4, 0.5) is 9.52 Å². The third kappa shape index (κ3) is 4.18. The van der Waals surface area contributed by atoms with Gasteiger partial charge in [0.25, 0.3) is 5.91 Å². The minimum absolute atomic E-state index is 0.113. The fourth-order valence-corrected chi connectivity index (χ4v) is 3.49. The zero-order chi connectivity index (χ0) is 21.1. The van der Waals surface area contributed by atoms with Gasteiger partial charge in [-0.25, -0.2) is 9.37 Å². The number of thiazole rings is 1. The molecule has 154 valence electrons. The van der Waals surface area contributed by atoms with E-state index in [-0.39, 0.29) is 19.1 Å². The Balaban J connectivity index is 1.33. The number of methoxy groups -OCH3 is 1. The second kappa shape index (κ2) is 8.37. The Morgan fingerprint density at radius 1 is 1.20 bits per heavy atom. The lowest BCUT2D eigenvalue weighted by atomic mass is 10.1. The molecule has 0 atom stereocenters. The molecule has 2 heterocycles. The molecular weight excluding hydrogens is 413 g/mol. The van der Waals surface area contributed by atoms with Crippen LogP contribution in [0.5, 0.6) is 17.2 Å². The average molecular weight is 429 g/mol. The number of aromatic nitrogens is 1. The third-order valence-electron chi connectivity index (χ3n) is 4.24. The van der Waals surface area contributed by atoms with Crippen LogP contribution in [-0.2, 0) is 4.79 Å². The highest BCUT2D eigenvalue weighted by molar-refractivity contribution is 7.14. The zero-order valence-corrected chi connectivity index (χ0v) is 16.5. The quantitative estimate of drug-likeness (QED) is 0.625. The number of halogens is 1. The Hall–Kier alpha value is -3.66. The molecule has 0 bridgehead atoms. The molecule has 0 saturated carbocycles. The van der Waals surface area contributed by atoms with E-state index in [0.29, 0.717) is 33.5 Å². The number of carbonyl (C=O) groups excluding carboxylic acids is 2. The van der Waals surface area contributed by atoms with E-state index < -0.39 is 17.6 Å². The molecular formula is C20H16FN3O5S. The third-order valence-corrected chi connectivity index (χ3v) is 5.00. The standard InChI is InChI=1S/C20H16FN3O5S/c1-27-15-4-2-11(6-13(15)21)14-9-30-20(23-14)24-18(25)8-22-19(26)12-3-5-16-17(7-12)29-10-28-16/h2-7,9H,8,10H2,1H3,(H,22,26)(H,23,24,25). The smallest absolute Gasteiger partial charge is 0.251 e. The number of nitrogens with one attached hydrogen (secondary N) is 2. The van der Waals surface area contributed by atoms with Crippen molar-refractivity contribution in [1.29, 1.82) is 0 Å². The highest BCUT2D eigenvalue weighted by atomic mass is 32.1. The van der Waals surface area contributed by atoms with Crippen LogP contribution in [0.1, 0.15) is 10.4 Å². The Morgan fingerprint density at radius 2 is 2.03 bits per heavy atom. The van der Waals surface area contributed by atoms with E-state index >= 15 is 0 Å². The van der Waals surface area contributed by atoms with Crippen molar-refractivity contribution in [2.45, 2.75) is 0 Å². The highest BCUT2D eigenvalue weighted by Crippen LogP contribution is 2.32. The van der Waals surface area contributed by atoms with E-state index in [1.54, 1.807) is 29.6 Å². The van der Waals surface area contributed by atoms with Crippen LogP contribution in [-0.4, -0.2) is 37.2 Å². The molecule has 30 heavy (non-hydrogen) atoms. The van der Waals surface area contributed by atoms with Crippen molar-refractivity contribution in [3.63, 3.8) is 0 Å². The van der Waals surface area contributed by atoms with Crippen molar-refractivity contribution in [2.75, 3.05) is 25.8 Å². The summed E-state index contributed by atoms with van der Waals surface area (Å²) in [5, 5.41) is 7.18. The molecule has 1 aromatic heterocycles. The second-order valence-corrected chi connectivity index (χ2v) is 7.04. The maximum Gasteiger partial charge on any atom is 0.251 e. The fraction of sp³-hybridized carbons (Fsp3) is 0.150. The molecule has 0 saturated heterocycles. The number of carbonyl (C=O) groups is 2. The molecule has 1 aliphatic heterocycles. The number of hydrogen-bond donors (Lipinski definition) is 2. The molecule has 4 rings (SSSR count). The van der Waals surface area contributed by atoms with E-state index in [1.807, 2.05) is 0 Å². The lowest BCUT2D eigenvalue weighted by Crippen LogP contribution is -2.32. The number of amides is 2. The van der Waals surface area contributed by atoms with Crippen molar-refractivity contribution in [3.05, 3.63) is 53.2 Å². The first kappa shape index (κ1) is 19.6. The van der Waals surface area contributed by atoms with Gasteiger partial charge in [0, 0.05) is 16.5 Å². The second-order valence-electron chi connectivity index (χ2n) is 6.19. The van der Waals surface area contributed by atoms with Gasteiger partial charge in [-0.05, 0) is 36.4 Å². The molecule has 8 nitrogen and oxygen atoms in total. The summed E-state index contributed by atoms with van der Waals surface area (Å²) in [6, 6.07) is 9.27. The summed E-state index contributed by atoms with van der Waals surface area (Å²) >= 11 is 1.19. The molecule has 2 aromatic carbocycles. The van der Waals surface area contributed by atoms with Gasteiger partial charge in [-0.15, -0.1) is 11.3 Å². The Kier molecular flexibility index (Phi) is 5.48. The van der Waals surface area contributed by atoms with E-state index in [4.69, 9.17) is 14.2 Å². The Bertz CT molecular complexity index is 1120. The average Bonchev–Trinajstić information content (AvgIpc) is 3.40. The van der Waals surface area contributed by atoms with Crippen LogP contribution >= 0.6 is 11.3 Å². The zero-order valence-electron chi connectivity index (χ0n) is 15.7. The van der Waals surface area contributed by atoms with E-state index in [2.05, 4.69) is 15.6 Å². The highest BCUT2D eigenvalue weighted by Gasteiger charge is 2.17. The number of fused-ring (bicyclic) bond motifs is 1. The molecule has 0 radical (unpaired) electrons. The van der Waals surface area contributed by atoms with Gasteiger partial charge in [-0.3, -0.25) is 9.59 Å². The van der Waals surface area contributed by atoms with Gasteiger partial charge in [0.05, 0.1) is 19.3 Å². The van der Waals surface area contributed by atoms with E-state index in [9.17, 15) is 14.0 Å². The maximum absolute atomic E-state index is 13.9. The maximum atomic E-state index is 13.9. The first-order valence-electron chi connectivity index (χ1n) is 8.80. The van der Waals surface area contributed by atoms with Gasteiger partial charge >= 0.3 is 0 Å². The Morgan fingerprint density at radius 3 is 2.83 bits per heavy atom. The minimum Gasteiger partial charge on any atom is -0.494 e. The van der Waals surface area contributed by atoms with Crippen LogP contribution in [0.2, 0.25) is 0 Å². The lowest BCUT2D eigenvalue weighted by molar-refractivity contribution is -0.115. The summed E-state index contributed by atoms with van der Waals surface area (Å²) < 4.78 is 29.2. The molecule has 1 aliphatic rings. The lowest BCUT2D eigenvalue weighted by Gasteiger charge is -2.06. The monoisotopic (exact) mass is 429 g/mol. The summed E-state index contributed by atoms with van der Waals surface area (Å²) in [6.07, 6.45) is 0. The summed E-state index contributed by atoms with van der Waals surface area (Å²) in [5.74, 6) is -0.165. The summed E-state index contributed by atoms with van der Waals surface area (Å²) in [4.78, 5) is 28.6. The molecule has 2 N–H and O–H groups in total. The number of rotatable bonds is 6. The normalized spacial score (nSPS) is 11.8. The van der Waals surface area contributed by atoms with Crippen molar-refractivity contribution in [2.24, 2.45) is 0 Å². The predicted molar refractivity (Wildman–Crippen MR) is 108 cm³/mol. The number of nitrogens with zero attached hydrogens (tertiary/aromatic N) is 1. The van der Waals surface area contributed by atoms with Crippen molar-refractivity contribution >= 4 is 28.3 Å². The van der Waals surface area contributed by atoms with Crippen LogP contribution in [0.25, 0.3) is 11.3 Å². The topological polar surface area (TPSA) is 98.8 Å². The van der Waals surface area contributed by atoms with Gasteiger partial charge in [0.15, 0.2) is 28.2 Å². The molecule has 0 spiro atoms. The molecule has 0 fully saturated rings. The molecule has 2 amide bonds. The Labute approximate surface area is 174 Å². The van der Waals surface area contributed by atoms with Crippen molar-refractivity contribution in [1.82, 2.24) is 10.3 Å². The first-order valence-corrected chi connectivity index (χ1v) is 9.68. The number of ether oxygens (including phenoxy) is 3. The number of anilines is 1. The molecule has 0 aliphatic carbocycles. The van der Waals surface area contributed by atoms with E-state index in [0.717, 1.165) is 0 Å². The minimum atomic E-state index is -0.500. The predicted octanol–water partition coefficient (Wildman–Crippen LogP) is 3.06. The first-order chi connectivity index (χ1) is 14.5. The number of benzene rings is 2. The van der Waals surface area contributed by atoms with Gasteiger partial charge in [-0.2, -0.15) is 0 Å². The fourth-order valence-electron chi connectivity index (χ4n) is 2.75. The van der Waals surface area contributed by atoms with Crippen LogP contribution < -0.4 is 24.8 Å². The SMILES string of the molecule is COc1ccc(-c2csc(NC(=O)CNC(=O)c3ccc4c(c3)OCO4)n2)cc1F. The van der Waals surface area contributed by atoms with Crippen molar-refractivity contribution in [3.8, 4) is 28.5 Å². The van der Waals surface area contributed by atoms with Crippen LogP contribution in [0.3, 0.4) is 0 Å². The molecule has 0 unspecified atom stereocenters. The summed E-state index contributed by atoms with van der Waals surface area (Å²) in [5.41, 5.74) is 1.42. The van der Waals surface area contributed by atoms with E-state index in [1.165, 1.54) is 30.6 Å². The largest absolute Gasteiger partial charge is 0.494 e. The van der Waals surface area contributed by atoms with Crippen molar-refractivity contribution < 1.29 is 28.2 Å². The number of hydrogen-bond acceptors (Lipinski definition) is 7. The summed E-state index contributed by atoms with van der Waals surface area (Å²) in [6.45, 7) is -0.124. The van der Waals surface area contributed by atoms with Gasteiger partial charge in [0.2, 0.25) is 12.7 Å².